The van der Waals surface area contributed by atoms with Crippen LogP contribution in [0.15, 0.2) is 65.9 Å². The van der Waals surface area contributed by atoms with Gasteiger partial charge < -0.3 is 28.7 Å². The van der Waals surface area contributed by atoms with Gasteiger partial charge in [-0.05, 0) is 136 Å². The Morgan fingerprint density at radius 1 is 0.350 bits per heavy atom. The summed E-state index contributed by atoms with van der Waals surface area (Å²) in [6, 6.07) is 18.2. The van der Waals surface area contributed by atoms with Crippen molar-refractivity contribution < 1.29 is 28.5 Å². The van der Waals surface area contributed by atoms with Crippen molar-refractivity contribution >= 4 is 143 Å². The zero-order chi connectivity index (χ0) is 72.8. The highest BCUT2D eigenvalue weighted by Gasteiger charge is 2.50. The van der Waals surface area contributed by atoms with Crippen molar-refractivity contribution in [3.63, 3.8) is 0 Å². The number of thiazole rings is 1. The average Bonchev–Trinajstić information content (AvgIpc) is 1.58. The topological polar surface area (TPSA) is 90.4 Å². The maximum Gasteiger partial charge on any atom is 0.261 e. The van der Waals surface area contributed by atoms with Crippen LogP contribution in [0.3, 0.4) is 0 Å². The molecule has 0 saturated heterocycles. The molecule has 2 amide bonds. The van der Waals surface area contributed by atoms with Crippen molar-refractivity contribution in [2.24, 2.45) is 35.5 Å². The smallest absolute Gasteiger partial charge is 0.261 e. The van der Waals surface area contributed by atoms with Crippen LogP contribution in [-0.2, 0) is 9.59 Å². The molecule has 0 bridgehead atoms. The summed E-state index contributed by atoms with van der Waals surface area (Å²) >= 11 is 12.3. The van der Waals surface area contributed by atoms with Crippen molar-refractivity contribution in [3.8, 4) is 52.4 Å². The molecule has 103 heavy (non-hydrogen) atoms. The Balaban J connectivity index is 1.07. The molecule has 558 valence electrons. The maximum atomic E-state index is 16.3. The first-order valence-corrected chi connectivity index (χ1v) is 45.7. The fourth-order valence-electron chi connectivity index (χ4n) is 15.1. The summed E-state index contributed by atoms with van der Waals surface area (Å²) in [6.45, 7) is 35.4. The van der Waals surface area contributed by atoms with E-state index in [9.17, 15) is 0 Å². The van der Waals surface area contributed by atoms with Gasteiger partial charge in [-0.25, -0.2) is 4.98 Å². The third kappa shape index (κ3) is 17.7. The molecule has 0 aliphatic carbocycles. The second-order valence-corrected chi connectivity index (χ2v) is 37.4. The zero-order valence-corrected chi connectivity index (χ0v) is 70.2. The third-order valence-corrected chi connectivity index (χ3v) is 30.1. The van der Waals surface area contributed by atoms with Crippen LogP contribution in [0.25, 0.3) is 81.1 Å². The Morgan fingerprint density at radius 3 is 0.990 bits per heavy atom. The Bertz CT molecular complexity index is 4200. The number of carbonyl (C=O) groups is 2. The summed E-state index contributed by atoms with van der Waals surface area (Å²) in [5, 5.41) is 5.44. The summed E-state index contributed by atoms with van der Waals surface area (Å²) in [7, 11) is 0. The van der Waals surface area contributed by atoms with Gasteiger partial charge in [-0.2, -0.15) is 0 Å². The molecule has 6 unspecified atom stereocenters. The second kappa shape index (κ2) is 37.6. The van der Waals surface area contributed by atoms with Crippen LogP contribution in [0.5, 0.6) is 23.0 Å². The average molecular weight is 1530 g/mol. The van der Waals surface area contributed by atoms with E-state index in [2.05, 4.69) is 145 Å². The molecule has 0 radical (unpaired) electrons. The number of rotatable bonds is 45. The number of aromatic nitrogens is 1. The van der Waals surface area contributed by atoms with Crippen LogP contribution < -0.4 is 18.9 Å². The monoisotopic (exact) mass is 1520 g/mol. The van der Waals surface area contributed by atoms with Gasteiger partial charge in [0.2, 0.25) is 0 Å². The molecule has 6 atom stereocenters. The Hall–Kier alpha value is -5.07. The third-order valence-electron chi connectivity index (χ3n) is 22.0. The van der Waals surface area contributed by atoms with Crippen LogP contribution in [0.1, 0.15) is 257 Å². The molecule has 9 nitrogen and oxygen atoms in total. The highest BCUT2D eigenvalue weighted by Crippen LogP contribution is 2.57. The zero-order valence-electron chi connectivity index (χ0n) is 64.5. The SMILES string of the molecule is CCCCC(CC)COc1c2cc(-c3ccc(C4=C5C(=O)N(CC(CC)CCCC)C(c6ccc(-c7cc8c(OCC(CC)CCCC)c9sc(-c%10ncc(C)s%10)cc9c(OCC(CC)CCCC)c8s7)s6)=C5C(=O)N4CC(CC)CCCC)s3)sc2c(OCC(CC)CCCC)c2cc(C)sc12. The van der Waals surface area contributed by atoms with Crippen molar-refractivity contribution in [1.82, 2.24) is 14.8 Å². The van der Waals surface area contributed by atoms with Crippen LogP contribution in [0, 0.1) is 49.4 Å². The van der Waals surface area contributed by atoms with Crippen LogP contribution >= 0.6 is 79.4 Å². The number of hydrogen-bond acceptors (Lipinski definition) is 14. The molecule has 2 aliphatic heterocycles. The van der Waals surface area contributed by atoms with E-state index in [0.29, 0.717) is 74.3 Å². The molecule has 2 aromatic carbocycles. The molecule has 7 aromatic heterocycles. The van der Waals surface area contributed by atoms with E-state index in [1.54, 1.807) is 68.0 Å². The number of hydrogen-bond donors (Lipinski definition) is 0. The van der Waals surface area contributed by atoms with E-state index in [4.69, 9.17) is 23.9 Å². The van der Waals surface area contributed by atoms with Crippen molar-refractivity contribution in [1.29, 1.82) is 0 Å². The van der Waals surface area contributed by atoms with Crippen LogP contribution in [0.4, 0.5) is 0 Å². The number of fused-ring (bicyclic) bond motifs is 5. The largest absolute Gasteiger partial charge is 0.491 e. The van der Waals surface area contributed by atoms with Gasteiger partial charge in [0.15, 0.2) is 0 Å². The molecule has 0 spiro atoms. The first-order valence-electron chi connectivity index (χ1n) is 40.0. The summed E-state index contributed by atoms with van der Waals surface area (Å²) in [5.41, 5.74) is 2.66. The fraction of sp³-hybridized carbons (Fsp3) is 0.575. The predicted molar refractivity (Wildman–Crippen MR) is 451 cm³/mol. The van der Waals surface area contributed by atoms with Gasteiger partial charge >= 0.3 is 0 Å². The molecule has 9 aromatic rings. The second-order valence-electron chi connectivity index (χ2n) is 29.6. The lowest BCUT2D eigenvalue weighted by atomic mass is 9.98. The van der Waals surface area contributed by atoms with Crippen molar-refractivity contribution in [3.05, 3.63) is 85.4 Å². The van der Waals surface area contributed by atoms with E-state index < -0.39 is 0 Å². The Labute approximate surface area is 644 Å². The summed E-state index contributed by atoms with van der Waals surface area (Å²) in [6.07, 6.45) is 28.5. The van der Waals surface area contributed by atoms with E-state index >= 15 is 9.59 Å². The summed E-state index contributed by atoms with van der Waals surface area (Å²) in [4.78, 5) is 51.5. The van der Waals surface area contributed by atoms with Gasteiger partial charge in [-0.3, -0.25) is 9.59 Å². The van der Waals surface area contributed by atoms with Gasteiger partial charge in [0, 0.05) is 70.1 Å². The van der Waals surface area contributed by atoms with E-state index in [1.165, 1.54) is 48.3 Å². The number of aryl methyl sites for hydroxylation is 2. The van der Waals surface area contributed by atoms with Crippen molar-refractivity contribution in [2.75, 3.05) is 39.5 Å². The van der Waals surface area contributed by atoms with Gasteiger partial charge in [-0.15, -0.1) is 79.4 Å². The van der Waals surface area contributed by atoms with Gasteiger partial charge in [0.25, 0.3) is 11.8 Å². The minimum Gasteiger partial charge on any atom is -0.491 e. The fourth-order valence-corrected chi connectivity index (χ4v) is 22.8. The quantitative estimate of drug-likeness (QED) is 0.0376. The molecule has 0 N–H and O–H groups in total. The van der Waals surface area contributed by atoms with Gasteiger partial charge in [0.05, 0.1) is 82.4 Å². The normalized spacial score (nSPS) is 15.4. The standard InChI is InChI=1S/C87H117N3O6S7/c1-15-27-33-56(21-7)48-89-75(68-41-39-66(99-68)70-44-63-78(94-51-59(24-10)36-30-18-4)81-62(43-54(13)97-81)77(82(63)101-70)93-50-58(23-9)35-29-17-3)73-74(87(89)92)76(90(86(73)91)49-57(22-8)34-28-16-2)69-42-40-67(100-69)71-45-64-79(95-52-60(25-11)37-31-19-5)84-65(46-72(103-84)85-88-47-55(14)98-85)80(83(64)102-71)96-53-61(26-12)38-32-20-6/h39-47,56-61H,15-38,48-53H2,1-14H3. The Kier molecular flexibility index (Phi) is 28.9. The number of nitrogens with zero attached hydrogens (tertiary/aromatic N) is 3. The Morgan fingerprint density at radius 2 is 0.660 bits per heavy atom. The minimum absolute atomic E-state index is 0.0572. The number of amides is 2. The van der Waals surface area contributed by atoms with E-state index in [-0.39, 0.29) is 23.7 Å². The molecule has 16 heteroatoms. The van der Waals surface area contributed by atoms with Gasteiger partial charge in [-0.1, -0.05) is 199 Å². The molecule has 11 rings (SSSR count). The number of carbonyl (C=O) groups excluding carboxylic acids is 2. The molecular weight excluding hydrogens is 1410 g/mol. The number of benzene rings is 2. The highest BCUT2D eigenvalue weighted by molar-refractivity contribution is 7.29. The molecule has 0 fully saturated rings. The highest BCUT2D eigenvalue weighted by atomic mass is 32.1. The molecular formula is C87H117N3O6S7. The number of unbranched alkanes of at least 4 members (excludes halogenated alkanes) is 6. The lowest BCUT2D eigenvalue weighted by Crippen LogP contribution is -2.34. The molecule has 0 saturated carbocycles. The van der Waals surface area contributed by atoms with Crippen LogP contribution in [0.2, 0.25) is 0 Å². The number of ether oxygens (including phenoxy) is 4. The first-order chi connectivity index (χ1) is 50.2. The summed E-state index contributed by atoms with van der Waals surface area (Å²) in [5.74, 6) is 6.03. The maximum absolute atomic E-state index is 16.3. The van der Waals surface area contributed by atoms with E-state index in [1.807, 2.05) is 27.3 Å². The van der Waals surface area contributed by atoms with Crippen LogP contribution in [-0.4, -0.2) is 66.1 Å². The summed E-state index contributed by atoms with van der Waals surface area (Å²) < 4.78 is 33.3. The van der Waals surface area contributed by atoms with E-state index in [0.717, 1.165) is 229 Å². The predicted octanol–water partition coefficient (Wildman–Crippen LogP) is 28.4. The molecule has 2 aliphatic rings. The minimum atomic E-state index is -0.0572. The lowest BCUT2D eigenvalue weighted by molar-refractivity contribution is -0.124. The first kappa shape index (κ1) is 79.0. The van der Waals surface area contributed by atoms with Crippen molar-refractivity contribution in [2.45, 2.75) is 251 Å². The lowest BCUT2D eigenvalue weighted by Gasteiger charge is -2.29. The molecule has 9 heterocycles. The number of thiophene rings is 6. The van der Waals surface area contributed by atoms with Gasteiger partial charge in [0.1, 0.15) is 28.0 Å².